The first-order chi connectivity index (χ1) is 9.21. The van der Waals surface area contributed by atoms with Gasteiger partial charge < -0.3 is 15.2 Å². The lowest BCUT2D eigenvalue weighted by Gasteiger charge is -2.37. The summed E-state index contributed by atoms with van der Waals surface area (Å²) in [5, 5.41) is 0. The van der Waals surface area contributed by atoms with E-state index in [0.717, 1.165) is 38.0 Å². The minimum Gasteiger partial charge on any atom is -0.497 e. The third-order valence-electron chi connectivity index (χ3n) is 4.54. The van der Waals surface area contributed by atoms with Gasteiger partial charge in [-0.05, 0) is 61.8 Å². The number of fused-ring (bicyclic) bond motifs is 1. The van der Waals surface area contributed by atoms with Crippen molar-refractivity contribution in [2.45, 2.75) is 50.2 Å². The molecule has 1 aliphatic carbocycles. The normalized spacial score (nSPS) is 30.1. The van der Waals surface area contributed by atoms with Crippen LogP contribution in [0.15, 0.2) is 18.2 Å². The van der Waals surface area contributed by atoms with E-state index in [1.54, 1.807) is 7.11 Å². The lowest BCUT2D eigenvalue weighted by molar-refractivity contribution is 0.0786. The van der Waals surface area contributed by atoms with Crippen LogP contribution in [-0.2, 0) is 16.7 Å². The standard InChI is InChI=1S/C16H23NO2/c1-18-13-7-6-12-4-2-8-16(17,15(12)10-13)11-14-5-3-9-19-14/h6-7,10,14H,2-5,8-9,11,17H2,1H3. The van der Waals surface area contributed by atoms with Crippen molar-refractivity contribution in [1.29, 1.82) is 0 Å². The van der Waals surface area contributed by atoms with Gasteiger partial charge in [-0.15, -0.1) is 0 Å². The largest absolute Gasteiger partial charge is 0.497 e. The van der Waals surface area contributed by atoms with E-state index in [-0.39, 0.29) is 5.54 Å². The van der Waals surface area contributed by atoms with Crippen LogP contribution < -0.4 is 10.5 Å². The van der Waals surface area contributed by atoms with Gasteiger partial charge in [0.2, 0.25) is 0 Å². The van der Waals surface area contributed by atoms with E-state index in [9.17, 15) is 0 Å². The second kappa shape index (κ2) is 5.14. The van der Waals surface area contributed by atoms with Crippen LogP contribution >= 0.6 is 0 Å². The number of ether oxygens (including phenoxy) is 2. The first kappa shape index (κ1) is 12.9. The van der Waals surface area contributed by atoms with Crippen LogP contribution in [0.3, 0.4) is 0 Å². The molecule has 2 atom stereocenters. The monoisotopic (exact) mass is 261 g/mol. The van der Waals surface area contributed by atoms with E-state index in [4.69, 9.17) is 15.2 Å². The number of methoxy groups -OCH3 is 1. The van der Waals surface area contributed by atoms with Gasteiger partial charge in [0, 0.05) is 12.1 Å². The molecule has 2 N–H and O–H groups in total. The fraction of sp³-hybridized carbons (Fsp3) is 0.625. The van der Waals surface area contributed by atoms with Crippen LogP contribution in [0.2, 0.25) is 0 Å². The summed E-state index contributed by atoms with van der Waals surface area (Å²) in [6.45, 7) is 0.895. The zero-order valence-electron chi connectivity index (χ0n) is 11.7. The minimum atomic E-state index is -0.239. The average Bonchev–Trinajstić information content (AvgIpc) is 2.91. The maximum Gasteiger partial charge on any atom is 0.119 e. The number of aryl methyl sites for hydroxylation is 1. The maximum absolute atomic E-state index is 6.74. The highest BCUT2D eigenvalue weighted by molar-refractivity contribution is 5.42. The van der Waals surface area contributed by atoms with E-state index in [0.29, 0.717) is 6.10 Å². The highest BCUT2D eigenvalue weighted by Crippen LogP contribution is 2.40. The van der Waals surface area contributed by atoms with Crippen molar-refractivity contribution in [3.63, 3.8) is 0 Å². The number of benzene rings is 1. The molecule has 1 aromatic carbocycles. The van der Waals surface area contributed by atoms with E-state index >= 15 is 0 Å². The molecule has 0 amide bonds. The van der Waals surface area contributed by atoms with Gasteiger partial charge in [-0.25, -0.2) is 0 Å². The highest BCUT2D eigenvalue weighted by atomic mass is 16.5. The van der Waals surface area contributed by atoms with Gasteiger partial charge in [0.1, 0.15) is 5.75 Å². The molecule has 3 rings (SSSR count). The Morgan fingerprint density at radius 1 is 1.42 bits per heavy atom. The summed E-state index contributed by atoms with van der Waals surface area (Å²) in [7, 11) is 1.71. The Hall–Kier alpha value is -1.06. The predicted molar refractivity (Wildman–Crippen MR) is 75.4 cm³/mol. The van der Waals surface area contributed by atoms with E-state index < -0.39 is 0 Å². The van der Waals surface area contributed by atoms with Crippen LogP contribution in [0.4, 0.5) is 0 Å². The Balaban J connectivity index is 1.90. The van der Waals surface area contributed by atoms with Crippen molar-refractivity contribution < 1.29 is 9.47 Å². The van der Waals surface area contributed by atoms with Crippen LogP contribution in [-0.4, -0.2) is 19.8 Å². The van der Waals surface area contributed by atoms with Gasteiger partial charge in [-0.3, -0.25) is 0 Å². The molecule has 3 nitrogen and oxygen atoms in total. The molecule has 0 aromatic heterocycles. The Kier molecular flexibility index (Phi) is 3.50. The predicted octanol–water partition coefficient (Wildman–Crippen LogP) is 2.75. The first-order valence-electron chi connectivity index (χ1n) is 7.29. The number of rotatable bonds is 3. The van der Waals surface area contributed by atoms with Crippen LogP contribution in [0.1, 0.15) is 43.2 Å². The molecule has 0 bridgehead atoms. The summed E-state index contributed by atoms with van der Waals surface area (Å²) in [5.41, 5.74) is 9.15. The number of hydrogen-bond donors (Lipinski definition) is 1. The van der Waals surface area contributed by atoms with Crippen molar-refractivity contribution in [3.05, 3.63) is 29.3 Å². The summed E-state index contributed by atoms with van der Waals surface area (Å²) in [5.74, 6) is 0.905. The van der Waals surface area contributed by atoms with Crippen LogP contribution in [0.5, 0.6) is 5.75 Å². The molecular weight excluding hydrogens is 238 g/mol. The van der Waals surface area contributed by atoms with Crippen molar-refractivity contribution in [3.8, 4) is 5.75 Å². The summed E-state index contributed by atoms with van der Waals surface area (Å²) < 4.78 is 11.1. The van der Waals surface area contributed by atoms with Gasteiger partial charge in [0.25, 0.3) is 0 Å². The second-order valence-corrected chi connectivity index (χ2v) is 5.87. The lowest BCUT2D eigenvalue weighted by atomic mass is 9.74. The Morgan fingerprint density at radius 3 is 3.05 bits per heavy atom. The van der Waals surface area contributed by atoms with Gasteiger partial charge in [0.15, 0.2) is 0 Å². The fourth-order valence-corrected chi connectivity index (χ4v) is 3.52. The van der Waals surface area contributed by atoms with Crippen molar-refractivity contribution in [2.75, 3.05) is 13.7 Å². The summed E-state index contributed by atoms with van der Waals surface area (Å²) >= 11 is 0. The third-order valence-corrected chi connectivity index (χ3v) is 4.54. The Bertz CT molecular complexity index is 454. The molecule has 19 heavy (non-hydrogen) atoms. The van der Waals surface area contributed by atoms with Crippen LogP contribution in [0, 0.1) is 0 Å². The van der Waals surface area contributed by atoms with Crippen molar-refractivity contribution in [2.24, 2.45) is 5.73 Å². The average molecular weight is 261 g/mol. The molecule has 0 spiro atoms. The van der Waals surface area contributed by atoms with Crippen molar-refractivity contribution in [1.82, 2.24) is 0 Å². The van der Waals surface area contributed by atoms with Crippen LogP contribution in [0.25, 0.3) is 0 Å². The summed E-state index contributed by atoms with van der Waals surface area (Å²) in [6.07, 6.45) is 6.94. The van der Waals surface area contributed by atoms with Gasteiger partial charge in [-0.2, -0.15) is 0 Å². The van der Waals surface area contributed by atoms with Gasteiger partial charge >= 0.3 is 0 Å². The molecule has 2 unspecified atom stereocenters. The molecule has 1 aromatic rings. The third kappa shape index (κ3) is 2.49. The zero-order chi connectivity index (χ0) is 13.3. The second-order valence-electron chi connectivity index (χ2n) is 5.87. The van der Waals surface area contributed by atoms with E-state index in [2.05, 4.69) is 12.1 Å². The van der Waals surface area contributed by atoms with Crippen molar-refractivity contribution >= 4 is 0 Å². The van der Waals surface area contributed by atoms with Gasteiger partial charge in [0.05, 0.1) is 13.2 Å². The molecule has 0 saturated carbocycles. The maximum atomic E-state index is 6.74. The minimum absolute atomic E-state index is 0.239. The van der Waals surface area contributed by atoms with E-state index in [1.165, 1.54) is 24.0 Å². The molecular formula is C16H23NO2. The molecule has 1 aliphatic heterocycles. The first-order valence-corrected chi connectivity index (χ1v) is 7.29. The quantitative estimate of drug-likeness (QED) is 0.910. The molecule has 1 heterocycles. The Labute approximate surface area is 115 Å². The van der Waals surface area contributed by atoms with E-state index in [1.807, 2.05) is 6.07 Å². The number of hydrogen-bond acceptors (Lipinski definition) is 3. The summed E-state index contributed by atoms with van der Waals surface area (Å²) in [6, 6.07) is 6.34. The molecule has 1 fully saturated rings. The zero-order valence-corrected chi connectivity index (χ0v) is 11.7. The molecule has 0 radical (unpaired) electrons. The SMILES string of the molecule is COc1ccc2c(c1)C(N)(CC1CCCO1)CCC2. The molecule has 104 valence electrons. The fourth-order valence-electron chi connectivity index (χ4n) is 3.52. The number of nitrogens with two attached hydrogens (primary N) is 1. The topological polar surface area (TPSA) is 44.5 Å². The smallest absolute Gasteiger partial charge is 0.119 e. The molecule has 1 saturated heterocycles. The Morgan fingerprint density at radius 2 is 2.32 bits per heavy atom. The highest BCUT2D eigenvalue weighted by Gasteiger charge is 2.36. The molecule has 2 aliphatic rings. The molecule has 3 heteroatoms. The van der Waals surface area contributed by atoms with Gasteiger partial charge in [-0.1, -0.05) is 6.07 Å². The summed E-state index contributed by atoms with van der Waals surface area (Å²) in [4.78, 5) is 0. The lowest BCUT2D eigenvalue weighted by Crippen LogP contribution is -2.42.